The molecule has 272 valence electrons. The van der Waals surface area contributed by atoms with Crippen LogP contribution in [0.25, 0.3) is 39.0 Å². The molecule has 7 heteroatoms. The average molecular weight is 720 g/mol. The molecular weight excluding hydrogens is 673 g/mol. The zero-order valence-electron chi connectivity index (χ0n) is 32.7. The number of anilines is 2. The molecule has 1 aliphatic rings. The summed E-state index contributed by atoms with van der Waals surface area (Å²) in [6.45, 7) is 15.8. The summed E-state index contributed by atoms with van der Waals surface area (Å²) in [6, 6.07) is 43.2. The highest BCUT2D eigenvalue weighted by molar-refractivity contribution is 6.78. The summed E-state index contributed by atoms with van der Waals surface area (Å²) >= 11 is 0. The van der Waals surface area contributed by atoms with Crippen molar-refractivity contribution >= 4 is 45.6 Å². The maximum absolute atomic E-state index is 6.77. The molecule has 0 atom stereocenters. The summed E-state index contributed by atoms with van der Waals surface area (Å²) in [5, 5.41) is 2.34. The Morgan fingerprint density at radius 3 is 2.07 bits per heavy atom. The molecule has 0 bridgehead atoms. The van der Waals surface area contributed by atoms with Crippen molar-refractivity contribution in [2.45, 2.75) is 65.7 Å². The van der Waals surface area contributed by atoms with Gasteiger partial charge in [-0.05, 0) is 100 Å². The van der Waals surface area contributed by atoms with Crippen molar-refractivity contribution in [3.8, 4) is 28.7 Å². The zero-order valence-corrected chi connectivity index (χ0v) is 32.7. The monoisotopic (exact) mass is 719 g/mol. The number of hydrogen-bond acceptors (Lipinski definition) is 4. The first-order valence-electron chi connectivity index (χ1n) is 19.4. The Balaban J connectivity index is 1.18. The lowest BCUT2D eigenvalue weighted by molar-refractivity contribution is 0.483. The number of hydrogen-bond donors (Lipinski definition) is 0. The van der Waals surface area contributed by atoms with E-state index in [1.807, 2.05) is 12.4 Å². The molecular formula is C48H46BN5O. The number of pyridine rings is 1. The van der Waals surface area contributed by atoms with Crippen molar-refractivity contribution in [1.82, 2.24) is 19.0 Å². The lowest BCUT2D eigenvalue weighted by atomic mass is 9.57. The third-order valence-electron chi connectivity index (χ3n) is 11.1. The van der Waals surface area contributed by atoms with Crippen LogP contribution in [0.5, 0.6) is 11.5 Å². The van der Waals surface area contributed by atoms with E-state index in [1.165, 1.54) is 27.5 Å². The predicted octanol–water partition coefficient (Wildman–Crippen LogP) is 11.8. The van der Waals surface area contributed by atoms with Crippen molar-refractivity contribution in [3.05, 3.63) is 157 Å². The second kappa shape index (κ2) is 13.3. The average Bonchev–Trinajstić information content (AvgIpc) is 3.80. The first-order chi connectivity index (χ1) is 26.6. The number of ether oxygens (including phenoxy) is 1. The highest BCUT2D eigenvalue weighted by Gasteiger charge is 2.41. The molecule has 9 rings (SSSR count). The van der Waals surface area contributed by atoms with Crippen LogP contribution in [0.3, 0.4) is 0 Å². The molecule has 5 aromatic carbocycles. The Hall–Kier alpha value is -6.08. The molecule has 0 amide bonds. The quantitative estimate of drug-likeness (QED) is 0.154. The Bertz CT molecular complexity index is 2680. The fraction of sp³-hybridized carbons (Fsp3) is 0.208. The van der Waals surface area contributed by atoms with Crippen molar-refractivity contribution in [3.63, 3.8) is 0 Å². The molecule has 1 aliphatic heterocycles. The minimum atomic E-state index is -0.120. The minimum absolute atomic E-state index is 0.00345. The van der Waals surface area contributed by atoms with Gasteiger partial charge >= 0.3 is 6.98 Å². The molecule has 8 aromatic rings. The highest BCUT2D eigenvalue weighted by atomic mass is 16.5. The minimum Gasteiger partial charge on any atom is -0.457 e. The molecule has 0 fully saturated rings. The maximum atomic E-state index is 6.77. The summed E-state index contributed by atoms with van der Waals surface area (Å²) in [7, 11) is 0. The number of imidazole rings is 1. The summed E-state index contributed by atoms with van der Waals surface area (Å²) < 4.78 is 11.4. The Kier molecular flexibility index (Phi) is 8.41. The number of nitrogens with zero attached hydrogens (tertiary/aromatic N) is 5. The van der Waals surface area contributed by atoms with E-state index in [-0.39, 0.29) is 12.4 Å². The molecule has 0 N–H and O–H groups in total. The fourth-order valence-corrected chi connectivity index (χ4v) is 8.39. The number of fused-ring (bicyclic) bond motifs is 6. The van der Waals surface area contributed by atoms with Gasteiger partial charge in [0.2, 0.25) is 0 Å². The van der Waals surface area contributed by atoms with Crippen molar-refractivity contribution in [2.24, 2.45) is 0 Å². The molecule has 4 heterocycles. The number of benzene rings is 5. The number of rotatable bonds is 7. The van der Waals surface area contributed by atoms with E-state index in [9.17, 15) is 0 Å². The van der Waals surface area contributed by atoms with Crippen molar-refractivity contribution in [1.29, 1.82) is 0 Å². The van der Waals surface area contributed by atoms with Gasteiger partial charge in [0.15, 0.2) is 0 Å². The summed E-state index contributed by atoms with van der Waals surface area (Å²) in [5.41, 5.74) is 10.7. The van der Waals surface area contributed by atoms with E-state index < -0.39 is 0 Å². The van der Waals surface area contributed by atoms with Gasteiger partial charge in [-0.25, -0.2) is 9.97 Å². The van der Waals surface area contributed by atoms with E-state index in [2.05, 4.69) is 190 Å². The summed E-state index contributed by atoms with van der Waals surface area (Å²) in [6.07, 6.45) is 5.97. The van der Waals surface area contributed by atoms with Gasteiger partial charge in [-0.2, -0.15) is 0 Å². The lowest BCUT2D eigenvalue weighted by Gasteiger charge is -2.40. The molecule has 0 radical (unpaired) electrons. The van der Waals surface area contributed by atoms with Gasteiger partial charge in [0, 0.05) is 52.4 Å². The normalized spacial score (nSPS) is 12.9. The summed E-state index contributed by atoms with van der Waals surface area (Å²) in [4.78, 5) is 12.4. The van der Waals surface area contributed by atoms with Crippen LogP contribution < -0.4 is 15.0 Å². The lowest BCUT2D eigenvalue weighted by Crippen LogP contribution is -2.56. The van der Waals surface area contributed by atoms with E-state index in [0.29, 0.717) is 11.8 Å². The third-order valence-corrected chi connectivity index (χ3v) is 11.1. The van der Waals surface area contributed by atoms with E-state index in [1.54, 1.807) is 0 Å². The molecule has 6 nitrogen and oxygen atoms in total. The Labute approximate surface area is 324 Å². The molecule has 0 aliphatic carbocycles. The van der Waals surface area contributed by atoms with Crippen LogP contribution >= 0.6 is 0 Å². The second-order valence-electron chi connectivity index (χ2n) is 16.4. The van der Waals surface area contributed by atoms with Crippen molar-refractivity contribution in [2.75, 3.05) is 4.81 Å². The first kappa shape index (κ1) is 34.7. The Morgan fingerprint density at radius 2 is 1.33 bits per heavy atom. The van der Waals surface area contributed by atoms with Gasteiger partial charge < -0.3 is 14.0 Å². The largest absolute Gasteiger partial charge is 0.457 e. The standard InChI is InChI=1S/C48H46BN5O/c1-31(2)37-17-13-18-38(32(3)4)46(37)49-52-27-26-51-47(52)41-29-35(21-23-43(41)54(49)34-14-9-8-10-15-34)55-36-20-22-40-39-16-11-12-19-42(39)53(44(40)30-36)45-28-33(24-25-50-45)48(5,6)7/h8-32H,1-7H3. The van der Waals surface area contributed by atoms with Gasteiger partial charge in [-0.1, -0.05) is 103 Å². The van der Waals surface area contributed by atoms with Crippen LogP contribution in [0, 0.1) is 0 Å². The third kappa shape index (κ3) is 5.90. The maximum Gasteiger partial charge on any atom is 0.422 e. The first-order valence-corrected chi connectivity index (χ1v) is 19.4. The van der Waals surface area contributed by atoms with E-state index in [0.717, 1.165) is 56.5 Å². The van der Waals surface area contributed by atoms with Crippen LogP contribution in [-0.2, 0) is 5.41 Å². The fourth-order valence-electron chi connectivity index (χ4n) is 8.39. The van der Waals surface area contributed by atoms with Gasteiger partial charge in [0.25, 0.3) is 0 Å². The topological polar surface area (TPSA) is 48.1 Å². The summed E-state index contributed by atoms with van der Waals surface area (Å²) in [5.74, 6) is 4.03. The number of aromatic nitrogens is 4. The second-order valence-corrected chi connectivity index (χ2v) is 16.4. The van der Waals surface area contributed by atoms with Gasteiger partial charge in [0.05, 0.1) is 11.0 Å². The van der Waals surface area contributed by atoms with Crippen LogP contribution in [0.15, 0.2) is 140 Å². The highest BCUT2D eigenvalue weighted by Crippen LogP contribution is 2.44. The molecule has 0 unspecified atom stereocenters. The van der Waals surface area contributed by atoms with Crippen LogP contribution in [0.2, 0.25) is 0 Å². The zero-order chi connectivity index (χ0) is 38.0. The SMILES string of the molecule is CC(C)c1cccc(C(C)C)c1B1N(c2ccccc2)c2ccc(Oc3ccc4c5ccccc5n(-c5cc(C(C)(C)C)ccn5)c4c3)cc2-c2nccn21. The van der Waals surface area contributed by atoms with Gasteiger partial charge in [0.1, 0.15) is 23.1 Å². The van der Waals surface area contributed by atoms with E-state index in [4.69, 9.17) is 14.7 Å². The van der Waals surface area contributed by atoms with Crippen LogP contribution in [0.1, 0.15) is 77.0 Å². The Morgan fingerprint density at radius 1 is 0.636 bits per heavy atom. The van der Waals surface area contributed by atoms with Gasteiger partial charge in [-0.3, -0.25) is 4.57 Å². The smallest absolute Gasteiger partial charge is 0.422 e. The van der Waals surface area contributed by atoms with Gasteiger partial charge in [-0.15, -0.1) is 0 Å². The van der Waals surface area contributed by atoms with Crippen LogP contribution in [-0.4, -0.2) is 26.0 Å². The molecule has 3 aromatic heterocycles. The molecule has 0 spiro atoms. The molecule has 0 saturated carbocycles. The molecule has 0 saturated heterocycles. The van der Waals surface area contributed by atoms with E-state index >= 15 is 0 Å². The van der Waals surface area contributed by atoms with Crippen molar-refractivity contribution < 1.29 is 4.74 Å². The predicted molar refractivity (Wildman–Crippen MR) is 229 cm³/mol. The van der Waals surface area contributed by atoms with Crippen LogP contribution in [0.4, 0.5) is 11.4 Å². The number of para-hydroxylation sites is 2. The molecule has 55 heavy (non-hydrogen) atoms.